The van der Waals surface area contributed by atoms with Gasteiger partial charge in [-0.1, -0.05) is 283 Å². The molecule has 0 aromatic carbocycles. The monoisotopic (exact) mass is 1130 g/mol. The van der Waals surface area contributed by atoms with Gasteiger partial charge in [0.05, 0.1) is 0 Å². The molecular formula is C76H126O6. The second kappa shape index (κ2) is 69.0. The predicted octanol–water partition coefficient (Wildman–Crippen LogP) is 23.7. The average molecular weight is 1140 g/mol. The molecule has 0 aliphatic rings. The molecule has 0 aromatic rings. The Morgan fingerprint density at radius 1 is 0.256 bits per heavy atom. The van der Waals surface area contributed by atoms with Crippen molar-refractivity contribution in [3.05, 3.63) is 134 Å². The fourth-order valence-corrected chi connectivity index (χ4v) is 9.25. The van der Waals surface area contributed by atoms with E-state index in [1.165, 1.54) is 135 Å². The van der Waals surface area contributed by atoms with Gasteiger partial charge < -0.3 is 14.2 Å². The predicted molar refractivity (Wildman–Crippen MR) is 357 cm³/mol. The summed E-state index contributed by atoms with van der Waals surface area (Å²) in [6.07, 6.45) is 97.5. The first kappa shape index (κ1) is 77.5. The normalized spacial score (nSPS) is 13.0. The Bertz CT molecular complexity index is 1730. The van der Waals surface area contributed by atoms with Crippen molar-refractivity contribution in [2.75, 3.05) is 13.2 Å². The van der Waals surface area contributed by atoms with Crippen LogP contribution in [0.15, 0.2) is 134 Å². The molecule has 0 aliphatic carbocycles. The molecule has 6 nitrogen and oxygen atoms in total. The molecule has 0 fully saturated rings. The highest BCUT2D eigenvalue weighted by atomic mass is 16.6. The van der Waals surface area contributed by atoms with Crippen LogP contribution in [-0.4, -0.2) is 37.2 Å². The SMILES string of the molecule is CC/C=C\C/C=C\C/C=C\C/C=C\C/C=C\C/C=C\C/C=C\C/C=C\CCCCCCCCCCC(=O)OCC(COC(=O)CCCCCCC/C=C\CCCCCCC)OC(=O)CCCCCCCCC/C=C\C/C=C\CCCCC. The summed E-state index contributed by atoms with van der Waals surface area (Å²) in [7, 11) is 0. The standard InChI is InChI=1S/C76H126O6/c1-4-7-10-13-16-19-22-25-28-30-31-32-33-34-35-36-37-38-39-40-41-42-43-44-45-47-48-51-54-57-60-63-66-69-75(78)81-72-73(71-80-74(77)68-65-62-59-56-53-50-27-24-21-18-15-12-9-6-3)82-76(79)70-67-64-61-58-55-52-49-46-29-26-23-20-17-14-11-8-5-2/h7,10,16-17,19-20,24-29,31-32,34-35,37-38,40-41,43-44,73H,4-6,8-9,11-15,18,21-23,30,33,36,39,42,45-72H2,1-3H3/b10-7-,19-16-,20-17-,27-24-,28-25-,29-26-,32-31-,35-34-,38-37-,41-40-,44-43-. The van der Waals surface area contributed by atoms with Crippen LogP contribution in [0.1, 0.15) is 310 Å². The Balaban J connectivity index is 4.31. The van der Waals surface area contributed by atoms with Crippen molar-refractivity contribution in [1.82, 2.24) is 0 Å². The van der Waals surface area contributed by atoms with Crippen LogP contribution < -0.4 is 0 Å². The van der Waals surface area contributed by atoms with Gasteiger partial charge in [-0.05, 0) is 141 Å². The van der Waals surface area contributed by atoms with E-state index in [0.717, 1.165) is 135 Å². The first-order valence-electron chi connectivity index (χ1n) is 34.2. The van der Waals surface area contributed by atoms with Crippen molar-refractivity contribution < 1.29 is 28.6 Å². The van der Waals surface area contributed by atoms with Crippen LogP contribution in [0.5, 0.6) is 0 Å². The zero-order chi connectivity index (χ0) is 59.2. The van der Waals surface area contributed by atoms with E-state index in [4.69, 9.17) is 14.2 Å². The average Bonchev–Trinajstić information content (AvgIpc) is 3.47. The maximum absolute atomic E-state index is 12.9. The number of hydrogen-bond acceptors (Lipinski definition) is 6. The second-order valence-corrected chi connectivity index (χ2v) is 22.3. The van der Waals surface area contributed by atoms with Crippen LogP contribution in [-0.2, 0) is 28.6 Å². The third kappa shape index (κ3) is 66.4. The quantitative estimate of drug-likeness (QED) is 0.0261. The minimum Gasteiger partial charge on any atom is -0.462 e. The van der Waals surface area contributed by atoms with Crippen molar-refractivity contribution in [3.63, 3.8) is 0 Å². The van der Waals surface area contributed by atoms with E-state index in [2.05, 4.69) is 154 Å². The number of unbranched alkanes of at least 4 members (excludes halogenated alkanes) is 28. The highest BCUT2D eigenvalue weighted by Gasteiger charge is 2.19. The molecule has 0 rings (SSSR count). The van der Waals surface area contributed by atoms with Gasteiger partial charge >= 0.3 is 17.9 Å². The summed E-state index contributed by atoms with van der Waals surface area (Å²) in [4.78, 5) is 38.4. The molecule has 82 heavy (non-hydrogen) atoms. The highest BCUT2D eigenvalue weighted by molar-refractivity contribution is 5.71. The van der Waals surface area contributed by atoms with E-state index in [1.54, 1.807) is 0 Å². The van der Waals surface area contributed by atoms with Crippen molar-refractivity contribution in [3.8, 4) is 0 Å². The molecule has 0 aliphatic heterocycles. The van der Waals surface area contributed by atoms with Gasteiger partial charge in [-0.3, -0.25) is 14.4 Å². The molecule has 0 heterocycles. The Morgan fingerprint density at radius 3 is 0.780 bits per heavy atom. The smallest absolute Gasteiger partial charge is 0.306 e. The first-order valence-corrected chi connectivity index (χ1v) is 34.2. The Hall–Kier alpha value is -4.45. The van der Waals surface area contributed by atoms with Crippen LogP contribution >= 0.6 is 0 Å². The van der Waals surface area contributed by atoms with E-state index in [-0.39, 0.29) is 31.1 Å². The summed E-state index contributed by atoms with van der Waals surface area (Å²) < 4.78 is 16.9. The van der Waals surface area contributed by atoms with Gasteiger partial charge in [0, 0.05) is 19.3 Å². The zero-order valence-corrected chi connectivity index (χ0v) is 53.5. The number of esters is 3. The summed E-state index contributed by atoms with van der Waals surface area (Å²) in [6.45, 7) is 6.49. The third-order valence-corrected chi connectivity index (χ3v) is 14.4. The Morgan fingerprint density at radius 2 is 0.476 bits per heavy atom. The van der Waals surface area contributed by atoms with Gasteiger partial charge in [-0.15, -0.1) is 0 Å². The van der Waals surface area contributed by atoms with Gasteiger partial charge in [0.15, 0.2) is 6.10 Å². The van der Waals surface area contributed by atoms with E-state index in [1.807, 2.05) is 0 Å². The summed E-state index contributed by atoms with van der Waals surface area (Å²) in [5.41, 5.74) is 0. The van der Waals surface area contributed by atoms with Crippen LogP contribution in [0.2, 0.25) is 0 Å². The molecular weight excluding hydrogens is 1010 g/mol. The van der Waals surface area contributed by atoms with E-state index in [0.29, 0.717) is 19.3 Å². The van der Waals surface area contributed by atoms with Crippen molar-refractivity contribution in [1.29, 1.82) is 0 Å². The summed E-state index contributed by atoms with van der Waals surface area (Å²) >= 11 is 0. The minimum absolute atomic E-state index is 0.0896. The van der Waals surface area contributed by atoms with Crippen LogP contribution in [0.25, 0.3) is 0 Å². The van der Waals surface area contributed by atoms with Crippen LogP contribution in [0, 0.1) is 0 Å². The van der Waals surface area contributed by atoms with E-state index < -0.39 is 6.10 Å². The Kier molecular flexibility index (Phi) is 65.3. The molecule has 0 saturated heterocycles. The topological polar surface area (TPSA) is 78.9 Å². The van der Waals surface area contributed by atoms with E-state index >= 15 is 0 Å². The molecule has 6 heteroatoms. The van der Waals surface area contributed by atoms with Crippen LogP contribution in [0.3, 0.4) is 0 Å². The molecule has 0 aromatic heterocycles. The number of carbonyl (C=O) groups is 3. The lowest BCUT2D eigenvalue weighted by Crippen LogP contribution is -2.30. The molecule has 0 saturated carbocycles. The fraction of sp³-hybridized carbons (Fsp3) is 0.671. The number of rotatable bonds is 61. The highest BCUT2D eigenvalue weighted by Crippen LogP contribution is 2.15. The molecule has 0 bridgehead atoms. The van der Waals surface area contributed by atoms with Crippen molar-refractivity contribution in [2.45, 2.75) is 316 Å². The lowest BCUT2D eigenvalue weighted by molar-refractivity contribution is -0.167. The lowest BCUT2D eigenvalue weighted by Gasteiger charge is -2.18. The summed E-state index contributed by atoms with van der Waals surface area (Å²) in [5, 5.41) is 0. The minimum atomic E-state index is -0.794. The van der Waals surface area contributed by atoms with Gasteiger partial charge in [0.2, 0.25) is 0 Å². The van der Waals surface area contributed by atoms with E-state index in [9.17, 15) is 14.4 Å². The lowest BCUT2D eigenvalue weighted by atomic mass is 10.1. The molecule has 0 radical (unpaired) electrons. The van der Waals surface area contributed by atoms with Gasteiger partial charge in [0.25, 0.3) is 0 Å². The molecule has 0 amide bonds. The second-order valence-electron chi connectivity index (χ2n) is 22.3. The van der Waals surface area contributed by atoms with Gasteiger partial charge in [-0.25, -0.2) is 0 Å². The maximum Gasteiger partial charge on any atom is 0.306 e. The maximum atomic E-state index is 12.9. The number of carbonyl (C=O) groups excluding carboxylic acids is 3. The Labute approximate surface area is 506 Å². The number of ether oxygens (including phenoxy) is 3. The number of hydrogen-bond donors (Lipinski definition) is 0. The number of allylic oxidation sites excluding steroid dienone is 22. The molecule has 0 N–H and O–H groups in total. The largest absolute Gasteiger partial charge is 0.462 e. The van der Waals surface area contributed by atoms with Crippen molar-refractivity contribution >= 4 is 17.9 Å². The first-order chi connectivity index (χ1) is 40.5. The van der Waals surface area contributed by atoms with Gasteiger partial charge in [-0.2, -0.15) is 0 Å². The van der Waals surface area contributed by atoms with Crippen LogP contribution in [0.4, 0.5) is 0 Å². The molecule has 1 atom stereocenters. The third-order valence-electron chi connectivity index (χ3n) is 14.4. The van der Waals surface area contributed by atoms with Gasteiger partial charge in [0.1, 0.15) is 13.2 Å². The molecule has 466 valence electrons. The summed E-state index contributed by atoms with van der Waals surface area (Å²) in [5.74, 6) is -0.908. The fourth-order valence-electron chi connectivity index (χ4n) is 9.25. The summed E-state index contributed by atoms with van der Waals surface area (Å²) in [6, 6.07) is 0. The molecule has 0 spiro atoms. The van der Waals surface area contributed by atoms with Crippen molar-refractivity contribution in [2.24, 2.45) is 0 Å². The molecule has 1 unspecified atom stereocenters. The zero-order valence-electron chi connectivity index (χ0n) is 53.5.